The first-order chi connectivity index (χ1) is 15.9. The first-order valence-electron chi connectivity index (χ1n) is 14.6. The summed E-state index contributed by atoms with van der Waals surface area (Å²) in [6, 6.07) is 5.13. The van der Waals surface area contributed by atoms with Crippen LogP contribution in [-0.2, 0) is 19.3 Å². The maximum absolute atomic E-state index is 3.72. The number of benzene rings is 1. The van der Waals surface area contributed by atoms with E-state index in [4.69, 9.17) is 0 Å². The summed E-state index contributed by atoms with van der Waals surface area (Å²) in [5.74, 6) is 7.32. The van der Waals surface area contributed by atoms with E-state index in [0.717, 1.165) is 6.42 Å². The van der Waals surface area contributed by atoms with Crippen molar-refractivity contribution < 1.29 is 0 Å². The molecule has 3 rings (SSSR count). The van der Waals surface area contributed by atoms with Crippen molar-refractivity contribution in [2.45, 2.75) is 154 Å². The van der Waals surface area contributed by atoms with Gasteiger partial charge in [0.1, 0.15) is 0 Å². The Kier molecular flexibility index (Phi) is 13.0. The number of hydrogen-bond donors (Lipinski definition) is 0. The Morgan fingerprint density at radius 2 is 0.781 bits per heavy atom. The molecule has 0 heterocycles. The van der Waals surface area contributed by atoms with E-state index in [0.29, 0.717) is 0 Å². The lowest BCUT2D eigenvalue weighted by Crippen LogP contribution is -2.02. The number of fused-ring (bicyclic) bond motifs is 4. The second kappa shape index (κ2) is 16.4. The molecule has 1 aromatic rings. The lowest BCUT2D eigenvalue weighted by atomic mass is 9.90. The van der Waals surface area contributed by atoms with Gasteiger partial charge in [0, 0.05) is 12.0 Å². The smallest absolute Gasteiger partial charge is 0.0309 e. The fraction of sp³-hybridized carbons (Fsp3) is 0.750. The molecule has 0 heteroatoms. The van der Waals surface area contributed by atoms with Gasteiger partial charge in [-0.3, -0.25) is 0 Å². The molecule has 0 aliphatic heterocycles. The third-order valence-electron chi connectivity index (χ3n) is 7.73. The van der Waals surface area contributed by atoms with Gasteiger partial charge in [-0.2, -0.15) is 0 Å². The van der Waals surface area contributed by atoms with Crippen LogP contribution in [0, 0.1) is 11.8 Å². The highest BCUT2D eigenvalue weighted by Crippen LogP contribution is 2.25. The summed E-state index contributed by atoms with van der Waals surface area (Å²) >= 11 is 0. The fourth-order valence-corrected chi connectivity index (χ4v) is 5.69. The monoisotopic (exact) mass is 434 g/mol. The predicted octanol–water partition coefficient (Wildman–Crippen LogP) is 9.88. The Balaban J connectivity index is 1.78. The molecule has 0 atom stereocenters. The van der Waals surface area contributed by atoms with E-state index in [9.17, 15) is 0 Å². The van der Waals surface area contributed by atoms with Gasteiger partial charge < -0.3 is 0 Å². The zero-order valence-electron chi connectivity index (χ0n) is 21.1. The highest BCUT2D eigenvalue weighted by Gasteiger charge is 2.11. The van der Waals surface area contributed by atoms with Gasteiger partial charge in [0.25, 0.3) is 0 Å². The Labute approximate surface area is 200 Å². The van der Waals surface area contributed by atoms with Gasteiger partial charge in [-0.05, 0) is 61.6 Å². The Morgan fingerprint density at radius 3 is 1.25 bits per heavy atom. The molecule has 0 radical (unpaired) electrons. The molecular weight excluding hydrogens is 384 g/mol. The van der Waals surface area contributed by atoms with Gasteiger partial charge in [-0.15, -0.1) is 0 Å². The molecule has 0 aromatic heterocycles. The van der Waals surface area contributed by atoms with Gasteiger partial charge in [-0.25, -0.2) is 0 Å². The summed E-state index contributed by atoms with van der Waals surface area (Å²) in [7, 11) is 0. The standard InChI is InChI=1S/C32H50/c1-2-4-10-14-18-22-26-32-30(24-20-16-12-8-3-1)27-29-23-19-15-11-7-5-6-9-13-17-21-25-31(32)28-29/h27-28H,1-21,23-25H2. The molecule has 0 nitrogen and oxygen atoms in total. The van der Waals surface area contributed by atoms with Crippen LogP contribution in [0.1, 0.15) is 157 Å². The Bertz CT molecular complexity index is 686. The van der Waals surface area contributed by atoms with E-state index in [1.165, 1.54) is 153 Å². The van der Waals surface area contributed by atoms with E-state index in [1.54, 1.807) is 16.7 Å². The summed E-state index contributed by atoms with van der Waals surface area (Å²) < 4.78 is 0. The van der Waals surface area contributed by atoms with Crippen LogP contribution in [0.3, 0.4) is 0 Å². The molecule has 0 saturated heterocycles. The number of hydrogen-bond acceptors (Lipinski definition) is 0. The molecule has 2 aliphatic rings. The second-order valence-corrected chi connectivity index (χ2v) is 10.7. The molecule has 178 valence electrons. The molecule has 0 spiro atoms. The third kappa shape index (κ3) is 10.1. The average molecular weight is 435 g/mol. The first-order valence-corrected chi connectivity index (χ1v) is 14.6. The Morgan fingerprint density at radius 1 is 0.406 bits per heavy atom. The highest BCUT2D eigenvalue weighted by atomic mass is 14.2. The van der Waals surface area contributed by atoms with Crippen LogP contribution >= 0.6 is 0 Å². The number of rotatable bonds is 0. The van der Waals surface area contributed by atoms with Crippen LogP contribution in [0.5, 0.6) is 0 Å². The van der Waals surface area contributed by atoms with Crippen molar-refractivity contribution in [1.29, 1.82) is 0 Å². The van der Waals surface area contributed by atoms with Gasteiger partial charge >= 0.3 is 0 Å². The lowest BCUT2D eigenvalue weighted by molar-refractivity contribution is 0.552. The van der Waals surface area contributed by atoms with E-state index >= 15 is 0 Å². The van der Waals surface area contributed by atoms with Crippen molar-refractivity contribution in [1.82, 2.24) is 0 Å². The van der Waals surface area contributed by atoms with Crippen molar-refractivity contribution in [2.75, 3.05) is 0 Å². The fourth-order valence-electron chi connectivity index (χ4n) is 5.69. The molecular formula is C32H50. The van der Waals surface area contributed by atoms with Crippen LogP contribution in [-0.4, -0.2) is 0 Å². The SMILES string of the molecule is C1#Cc2c(cc3cc2CCCCCCCCCCCC3)CCCCCCCCCCCC1. The van der Waals surface area contributed by atoms with Crippen molar-refractivity contribution in [3.63, 3.8) is 0 Å². The maximum atomic E-state index is 3.72. The molecule has 0 N–H and O–H groups in total. The maximum Gasteiger partial charge on any atom is 0.0309 e. The molecule has 0 fully saturated rings. The molecule has 32 heavy (non-hydrogen) atoms. The largest absolute Gasteiger partial charge is 0.0979 e. The van der Waals surface area contributed by atoms with Crippen LogP contribution in [0.15, 0.2) is 12.1 Å². The Hall–Kier alpha value is -1.22. The summed E-state index contributed by atoms with van der Waals surface area (Å²) in [5, 5.41) is 0. The van der Waals surface area contributed by atoms with Crippen LogP contribution < -0.4 is 0 Å². The third-order valence-corrected chi connectivity index (χ3v) is 7.73. The molecule has 2 bridgehead atoms. The van der Waals surface area contributed by atoms with Crippen LogP contribution in [0.25, 0.3) is 0 Å². The molecule has 0 amide bonds. The molecule has 1 aromatic carbocycles. The number of aryl methyl sites for hydroxylation is 3. The highest BCUT2D eigenvalue weighted by molar-refractivity contribution is 5.50. The normalized spacial score (nSPS) is 21.2. The van der Waals surface area contributed by atoms with E-state index in [-0.39, 0.29) is 0 Å². The first kappa shape index (κ1) is 25.4. The minimum Gasteiger partial charge on any atom is -0.0979 e. The summed E-state index contributed by atoms with van der Waals surface area (Å²) in [4.78, 5) is 0. The van der Waals surface area contributed by atoms with E-state index < -0.39 is 0 Å². The average Bonchev–Trinajstić information content (AvgIpc) is 2.80. The zero-order chi connectivity index (χ0) is 22.1. The molecule has 0 saturated carbocycles. The van der Waals surface area contributed by atoms with E-state index in [1.807, 2.05) is 0 Å². The molecule has 0 unspecified atom stereocenters. The van der Waals surface area contributed by atoms with Crippen LogP contribution in [0.4, 0.5) is 0 Å². The van der Waals surface area contributed by atoms with E-state index in [2.05, 4.69) is 24.0 Å². The summed E-state index contributed by atoms with van der Waals surface area (Å²) in [5.41, 5.74) is 6.21. The topological polar surface area (TPSA) is 0 Å². The zero-order valence-corrected chi connectivity index (χ0v) is 21.1. The van der Waals surface area contributed by atoms with Crippen molar-refractivity contribution in [3.05, 3.63) is 34.4 Å². The van der Waals surface area contributed by atoms with Crippen molar-refractivity contribution in [3.8, 4) is 11.8 Å². The van der Waals surface area contributed by atoms with Crippen LogP contribution in [0.2, 0.25) is 0 Å². The minimum atomic E-state index is 1.08. The van der Waals surface area contributed by atoms with Gasteiger partial charge in [0.15, 0.2) is 0 Å². The van der Waals surface area contributed by atoms with Crippen molar-refractivity contribution in [2.24, 2.45) is 0 Å². The van der Waals surface area contributed by atoms with Gasteiger partial charge in [0.2, 0.25) is 0 Å². The van der Waals surface area contributed by atoms with Gasteiger partial charge in [-0.1, -0.05) is 127 Å². The second-order valence-electron chi connectivity index (χ2n) is 10.7. The predicted molar refractivity (Wildman–Crippen MR) is 141 cm³/mol. The van der Waals surface area contributed by atoms with Gasteiger partial charge in [0.05, 0.1) is 0 Å². The van der Waals surface area contributed by atoms with Crippen molar-refractivity contribution >= 4 is 0 Å². The summed E-state index contributed by atoms with van der Waals surface area (Å²) in [6.45, 7) is 0. The quantitative estimate of drug-likeness (QED) is 0.356. The summed E-state index contributed by atoms with van der Waals surface area (Å²) in [6.07, 6.45) is 33.0. The minimum absolute atomic E-state index is 1.08. The molecule has 2 aliphatic carbocycles. The lowest BCUT2D eigenvalue weighted by Gasteiger charge is -2.15.